The van der Waals surface area contributed by atoms with Gasteiger partial charge in [-0.05, 0) is 56.6 Å². The molecule has 4 heteroatoms. The summed E-state index contributed by atoms with van der Waals surface area (Å²) < 4.78 is 5.09. The number of nitrogens with zero attached hydrogens (tertiary/aromatic N) is 1. The largest absolute Gasteiger partial charge is 0.464 e. The van der Waals surface area contributed by atoms with Crippen molar-refractivity contribution in [3.63, 3.8) is 0 Å². The second kappa shape index (κ2) is 8.32. The lowest BCUT2D eigenvalue weighted by Gasteiger charge is -2.23. The highest BCUT2D eigenvalue weighted by Crippen LogP contribution is 2.28. The molecule has 134 valence electrons. The van der Waals surface area contributed by atoms with Gasteiger partial charge in [0.15, 0.2) is 0 Å². The average Bonchev–Trinajstić information content (AvgIpc) is 3.25. The van der Waals surface area contributed by atoms with E-state index < -0.39 is 0 Å². The summed E-state index contributed by atoms with van der Waals surface area (Å²) in [5, 5.41) is 0. The van der Waals surface area contributed by atoms with Crippen LogP contribution in [0.25, 0.3) is 6.08 Å². The summed E-state index contributed by atoms with van der Waals surface area (Å²) in [6.07, 6.45) is 8.41. The van der Waals surface area contributed by atoms with E-state index in [0.717, 1.165) is 38.5 Å². The number of hydrogen-bond acceptors (Lipinski definition) is 3. The summed E-state index contributed by atoms with van der Waals surface area (Å²) in [5.74, 6) is -0.151. The molecule has 25 heavy (non-hydrogen) atoms. The van der Waals surface area contributed by atoms with E-state index in [-0.39, 0.29) is 17.9 Å². The van der Waals surface area contributed by atoms with Gasteiger partial charge in [-0.25, -0.2) is 4.79 Å². The van der Waals surface area contributed by atoms with Crippen molar-refractivity contribution in [2.24, 2.45) is 0 Å². The number of ether oxygens (including phenoxy) is 1. The molecule has 0 unspecified atom stereocenters. The SMILES string of the molecule is CCOC(=O)[C@@H]1CCCN1C(=O)CCCCC1=Cc2ccccc2C1. The molecule has 1 atom stereocenters. The van der Waals surface area contributed by atoms with Gasteiger partial charge in [-0.3, -0.25) is 4.79 Å². The predicted octanol–water partition coefficient (Wildman–Crippen LogP) is 3.74. The van der Waals surface area contributed by atoms with Crippen molar-refractivity contribution in [2.75, 3.05) is 13.2 Å². The Bertz CT molecular complexity index is 665. The highest BCUT2D eigenvalue weighted by molar-refractivity contribution is 5.85. The van der Waals surface area contributed by atoms with E-state index in [1.807, 2.05) is 0 Å². The monoisotopic (exact) mass is 341 g/mol. The number of unbranched alkanes of at least 4 members (excludes halogenated alkanes) is 1. The minimum Gasteiger partial charge on any atom is -0.464 e. The van der Waals surface area contributed by atoms with Crippen molar-refractivity contribution in [3.05, 3.63) is 41.0 Å². The van der Waals surface area contributed by atoms with Gasteiger partial charge >= 0.3 is 5.97 Å². The van der Waals surface area contributed by atoms with Gasteiger partial charge in [0.25, 0.3) is 0 Å². The van der Waals surface area contributed by atoms with Gasteiger partial charge in [0.2, 0.25) is 5.91 Å². The van der Waals surface area contributed by atoms with E-state index in [4.69, 9.17) is 4.74 Å². The predicted molar refractivity (Wildman–Crippen MR) is 98.0 cm³/mol. The molecule has 2 aliphatic rings. The summed E-state index contributed by atoms with van der Waals surface area (Å²) in [5.41, 5.74) is 4.20. The van der Waals surface area contributed by atoms with Crippen LogP contribution in [0.4, 0.5) is 0 Å². The number of amides is 1. The molecule has 1 aromatic rings. The molecule has 1 aliphatic heterocycles. The number of rotatable bonds is 7. The molecule has 1 saturated heterocycles. The quantitative estimate of drug-likeness (QED) is 0.561. The third-order valence-corrected chi connectivity index (χ3v) is 5.10. The van der Waals surface area contributed by atoms with Crippen LogP contribution >= 0.6 is 0 Å². The lowest BCUT2D eigenvalue weighted by molar-refractivity contribution is -0.153. The van der Waals surface area contributed by atoms with Gasteiger partial charge in [-0.15, -0.1) is 0 Å². The summed E-state index contributed by atoms with van der Waals surface area (Å²) in [6.45, 7) is 2.85. The van der Waals surface area contributed by atoms with Crippen molar-refractivity contribution < 1.29 is 14.3 Å². The molecular formula is C21H27NO3. The zero-order valence-corrected chi connectivity index (χ0v) is 15.0. The van der Waals surface area contributed by atoms with E-state index >= 15 is 0 Å². The maximum Gasteiger partial charge on any atom is 0.328 e. The van der Waals surface area contributed by atoms with Crippen LogP contribution in [0.2, 0.25) is 0 Å². The average molecular weight is 341 g/mol. The number of likely N-dealkylation sites (tertiary alicyclic amines) is 1. The van der Waals surface area contributed by atoms with Crippen LogP contribution in [-0.2, 0) is 20.7 Å². The molecule has 1 amide bonds. The molecule has 0 spiro atoms. The van der Waals surface area contributed by atoms with Crippen LogP contribution in [0.3, 0.4) is 0 Å². The number of carbonyl (C=O) groups is 2. The van der Waals surface area contributed by atoms with Crippen molar-refractivity contribution in [3.8, 4) is 0 Å². The highest BCUT2D eigenvalue weighted by atomic mass is 16.5. The fraction of sp³-hybridized carbons (Fsp3) is 0.524. The van der Waals surface area contributed by atoms with E-state index in [1.54, 1.807) is 11.8 Å². The van der Waals surface area contributed by atoms with Gasteiger partial charge in [0.05, 0.1) is 6.61 Å². The second-order valence-electron chi connectivity index (χ2n) is 6.88. The van der Waals surface area contributed by atoms with Crippen molar-refractivity contribution in [2.45, 2.75) is 57.9 Å². The Morgan fingerprint density at radius 1 is 1.24 bits per heavy atom. The molecule has 1 aromatic carbocycles. The van der Waals surface area contributed by atoms with Crippen LogP contribution in [0.15, 0.2) is 29.8 Å². The van der Waals surface area contributed by atoms with E-state index in [1.165, 1.54) is 16.7 Å². The first-order valence-corrected chi connectivity index (χ1v) is 9.42. The van der Waals surface area contributed by atoms with Crippen molar-refractivity contribution in [1.82, 2.24) is 4.90 Å². The Balaban J connectivity index is 1.41. The Hall–Kier alpha value is -2.10. The minimum absolute atomic E-state index is 0.0965. The Labute approximate surface area is 149 Å². The number of carbonyl (C=O) groups excluding carboxylic acids is 2. The topological polar surface area (TPSA) is 46.6 Å². The lowest BCUT2D eigenvalue weighted by Crippen LogP contribution is -2.41. The fourth-order valence-electron chi connectivity index (χ4n) is 3.83. The molecule has 1 aliphatic carbocycles. The fourth-order valence-corrected chi connectivity index (χ4v) is 3.83. The zero-order chi connectivity index (χ0) is 17.6. The van der Waals surface area contributed by atoms with Gasteiger partial charge in [0.1, 0.15) is 6.04 Å². The molecule has 0 bridgehead atoms. The van der Waals surface area contributed by atoms with E-state index in [2.05, 4.69) is 30.3 Å². The first kappa shape index (κ1) is 17.7. The van der Waals surface area contributed by atoms with Crippen LogP contribution in [0.5, 0.6) is 0 Å². The van der Waals surface area contributed by atoms with Gasteiger partial charge in [0, 0.05) is 13.0 Å². The van der Waals surface area contributed by atoms with Crippen molar-refractivity contribution in [1.29, 1.82) is 0 Å². The van der Waals surface area contributed by atoms with Gasteiger partial charge < -0.3 is 9.64 Å². The van der Waals surface area contributed by atoms with Crippen molar-refractivity contribution >= 4 is 18.0 Å². The molecular weight excluding hydrogens is 314 g/mol. The van der Waals surface area contributed by atoms with E-state index in [0.29, 0.717) is 19.6 Å². The summed E-state index contributed by atoms with van der Waals surface area (Å²) in [4.78, 5) is 26.1. The molecule has 3 rings (SSSR count). The smallest absolute Gasteiger partial charge is 0.328 e. The minimum atomic E-state index is -0.362. The van der Waals surface area contributed by atoms with Crippen LogP contribution in [0, 0.1) is 0 Å². The first-order chi connectivity index (χ1) is 12.2. The Morgan fingerprint density at radius 2 is 2.08 bits per heavy atom. The first-order valence-electron chi connectivity index (χ1n) is 9.42. The third-order valence-electron chi connectivity index (χ3n) is 5.10. The Morgan fingerprint density at radius 3 is 2.88 bits per heavy atom. The van der Waals surface area contributed by atoms with Crippen LogP contribution < -0.4 is 0 Å². The van der Waals surface area contributed by atoms with Gasteiger partial charge in [-0.1, -0.05) is 35.9 Å². The standard InChI is InChI=1S/C21H27NO3/c1-2-25-21(24)19-11-7-13-22(19)20(23)12-6-3-8-16-14-17-9-4-5-10-18(17)15-16/h4-5,9-10,14,19H,2-3,6-8,11-13,15H2,1H3/t19-/m0/s1. The second-order valence-corrected chi connectivity index (χ2v) is 6.88. The molecule has 0 aromatic heterocycles. The highest BCUT2D eigenvalue weighted by Gasteiger charge is 2.34. The van der Waals surface area contributed by atoms with Crippen LogP contribution in [-0.4, -0.2) is 36.0 Å². The third kappa shape index (κ3) is 4.30. The number of fused-ring (bicyclic) bond motifs is 1. The molecule has 0 radical (unpaired) electrons. The lowest BCUT2D eigenvalue weighted by atomic mass is 10.0. The summed E-state index contributed by atoms with van der Waals surface area (Å²) >= 11 is 0. The molecule has 4 nitrogen and oxygen atoms in total. The summed E-state index contributed by atoms with van der Waals surface area (Å²) in [7, 11) is 0. The maximum absolute atomic E-state index is 12.4. The molecule has 0 saturated carbocycles. The number of esters is 1. The zero-order valence-electron chi connectivity index (χ0n) is 15.0. The molecule has 1 heterocycles. The number of allylic oxidation sites excluding steroid dienone is 1. The summed E-state index contributed by atoms with van der Waals surface area (Å²) in [6, 6.07) is 8.15. The van der Waals surface area contributed by atoms with Crippen LogP contribution in [0.1, 0.15) is 56.6 Å². The Kier molecular flexibility index (Phi) is 5.90. The van der Waals surface area contributed by atoms with Gasteiger partial charge in [-0.2, -0.15) is 0 Å². The normalized spacial score (nSPS) is 18.8. The maximum atomic E-state index is 12.4. The molecule has 1 fully saturated rings. The number of benzene rings is 1. The number of hydrogen-bond donors (Lipinski definition) is 0. The molecule has 0 N–H and O–H groups in total. The van der Waals surface area contributed by atoms with E-state index in [9.17, 15) is 9.59 Å².